The van der Waals surface area contributed by atoms with Gasteiger partial charge in [-0.05, 0) is 48.9 Å². The molecule has 1 heterocycles. The molecule has 0 unspecified atom stereocenters. The zero-order valence-corrected chi connectivity index (χ0v) is 17.3. The molecule has 0 bridgehead atoms. The van der Waals surface area contributed by atoms with E-state index in [2.05, 4.69) is 15.5 Å². The summed E-state index contributed by atoms with van der Waals surface area (Å²) in [5.74, 6) is 0.739. The van der Waals surface area contributed by atoms with Gasteiger partial charge in [0.25, 0.3) is 0 Å². The van der Waals surface area contributed by atoms with E-state index in [9.17, 15) is 5.21 Å². The Morgan fingerprint density at radius 2 is 1.83 bits per heavy atom. The van der Waals surface area contributed by atoms with Gasteiger partial charge >= 0.3 is 0 Å². The first-order valence-electron chi connectivity index (χ1n) is 9.37. The van der Waals surface area contributed by atoms with Crippen LogP contribution in [-0.2, 0) is 0 Å². The Morgan fingerprint density at radius 3 is 2.57 bits per heavy atom. The second kappa shape index (κ2) is 8.43. The molecule has 0 aliphatic heterocycles. The first kappa shape index (κ1) is 19.7. The summed E-state index contributed by atoms with van der Waals surface area (Å²) in [5, 5.41) is 19.2. The Bertz CT molecular complexity index is 1250. The topological polar surface area (TPSA) is 66.7 Å². The molecule has 0 amide bonds. The van der Waals surface area contributed by atoms with Gasteiger partial charge in [-0.15, -0.1) is 0 Å². The van der Waals surface area contributed by atoms with Crippen molar-refractivity contribution in [2.24, 2.45) is 5.16 Å². The van der Waals surface area contributed by atoms with Crippen LogP contribution in [0.5, 0.6) is 5.75 Å². The predicted octanol–water partition coefficient (Wildman–Crippen LogP) is 6.18. The molecule has 0 radical (unpaired) electrons. The number of benzene rings is 3. The second-order valence-corrected chi connectivity index (χ2v) is 7.26. The smallest absolute Gasteiger partial charge is 0.119 e. The van der Waals surface area contributed by atoms with Crippen LogP contribution in [-0.4, -0.2) is 23.0 Å². The fourth-order valence-electron chi connectivity index (χ4n) is 3.44. The molecule has 2 N–H and O–H groups in total. The Balaban J connectivity index is 1.67. The zero-order valence-electron chi connectivity index (χ0n) is 16.6. The number of hydrogen-bond donors (Lipinski definition) is 2. The lowest BCUT2D eigenvalue weighted by atomic mass is 9.97. The van der Waals surface area contributed by atoms with E-state index in [0.29, 0.717) is 16.3 Å². The van der Waals surface area contributed by atoms with E-state index < -0.39 is 0 Å². The van der Waals surface area contributed by atoms with Gasteiger partial charge in [0.15, 0.2) is 0 Å². The van der Waals surface area contributed by atoms with Gasteiger partial charge in [0.1, 0.15) is 11.5 Å². The predicted molar refractivity (Wildman–Crippen MR) is 122 cm³/mol. The number of nitrogens with one attached hydrogen (secondary N) is 1. The Hall–Kier alpha value is -3.57. The molecule has 150 valence electrons. The van der Waals surface area contributed by atoms with Gasteiger partial charge in [0, 0.05) is 33.8 Å². The number of oxime groups is 1. The maximum Gasteiger partial charge on any atom is 0.119 e. The van der Waals surface area contributed by atoms with Crippen LogP contribution in [0, 0.1) is 6.92 Å². The van der Waals surface area contributed by atoms with Crippen LogP contribution in [0.15, 0.2) is 78.2 Å². The Labute approximate surface area is 179 Å². The molecular formula is C24H20ClN3O2. The summed E-state index contributed by atoms with van der Waals surface area (Å²) in [6, 6.07) is 19.1. The van der Waals surface area contributed by atoms with E-state index in [1.165, 1.54) is 0 Å². The maximum atomic E-state index is 9.71. The van der Waals surface area contributed by atoms with Crippen LogP contribution >= 0.6 is 11.6 Å². The van der Waals surface area contributed by atoms with E-state index in [1.54, 1.807) is 13.3 Å². The second-order valence-electron chi connectivity index (χ2n) is 6.86. The van der Waals surface area contributed by atoms with Crippen LogP contribution in [0.1, 0.15) is 16.7 Å². The standard InChI is InChI=1S/C24H20ClN3O2/c1-15-11-18(30-2)8-10-19(15)24(28-29)21-9-7-17(12-22(21)25)27-23-14-26-13-16-5-3-4-6-20(16)23/h3-14,27,29H,1-2H3. The monoisotopic (exact) mass is 417 g/mol. The van der Waals surface area contributed by atoms with E-state index in [4.69, 9.17) is 16.3 Å². The van der Waals surface area contributed by atoms with Crippen molar-refractivity contribution >= 4 is 39.5 Å². The fraction of sp³-hybridized carbons (Fsp3) is 0.0833. The quantitative estimate of drug-likeness (QED) is 0.231. The molecule has 0 fully saturated rings. The number of anilines is 2. The SMILES string of the molecule is COc1ccc(C(=NO)c2ccc(Nc3cncc4ccccc34)cc2Cl)c(C)c1. The van der Waals surface area contributed by atoms with Crippen molar-refractivity contribution in [2.45, 2.75) is 6.92 Å². The van der Waals surface area contributed by atoms with Crippen molar-refractivity contribution in [3.63, 3.8) is 0 Å². The molecule has 1 aromatic heterocycles. The minimum Gasteiger partial charge on any atom is -0.497 e. The van der Waals surface area contributed by atoms with Gasteiger partial charge in [-0.1, -0.05) is 41.0 Å². The normalized spacial score (nSPS) is 11.5. The van der Waals surface area contributed by atoms with E-state index in [0.717, 1.165) is 39.0 Å². The fourth-order valence-corrected chi connectivity index (χ4v) is 3.71. The number of methoxy groups -OCH3 is 1. The van der Waals surface area contributed by atoms with Crippen molar-refractivity contribution in [1.29, 1.82) is 0 Å². The lowest BCUT2D eigenvalue weighted by Gasteiger charge is -2.14. The average Bonchev–Trinajstić information content (AvgIpc) is 2.76. The molecule has 5 nitrogen and oxygen atoms in total. The largest absolute Gasteiger partial charge is 0.497 e. The molecule has 3 aromatic carbocycles. The van der Waals surface area contributed by atoms with Crippen molar-refractivity contribution in [3.8, 4) is 5.75 Å². The number of aromatic nitrogens is 1. The number of ether oxygens (including phenoxy) is 1. The zero-order chi connectivity index (χ0) is 21.1. The Kier molecular flexibility index (Phi) is 5.55. The maximum absolute atomic E-state index is 9.71. The molecule has 0 atom stereocenters. The summed E-state index contributed by atoms with van der Waals surface area (Å²) in [5.41, 5.74) is 4.43. The van der Waals surface area contributed by atoms with Crippen LogP contribution in [0.3, 0.4) is 0 Å². The van der Waals surface area contributed by atoms with Crippen LogP contribution in [0.25, 0.3) is 10.8 Å². The van der Waals surface area contributed by atoms with Crippen molar-refractivity contribution in [1.82, 2.24) is 4.98 Å². The third kappa shape index (κ3) is 3.80. The molecule has 4 rings (SSSR count). The van der Waals surface area contributed by atoms with E-state index in [1.807, 2.05) is 73.8 Å². The summed E-state index contributed by atoms with van der Waals surface area (Å²) in [7, 11) is 1.61. The molecule has 4 aromatic rings. The van der Waals surface area contributed by atoms with Crippen molar-refractivity contribution < 1.29 is 9.94 Å². The number of hydrogen-bond acceptors (Lipinski definition) is 5. The molecule has 0 spiro atoms. The number of fused-ring (bicyclic) bond motifs is 1. The van der Waals surface area contributed by atoms with Crippen LogP contribution in [0.2, 0.25) is 5.02 Å². The number of nitrogens with zero attached hydrogens (tertiary/aromatic N) is 2. The number of pyridine rings is 1. The summed E-state index contributed by atoms with van der Waals surface area (Å²) in [6.07, 6.45) is 3.61. The third-order valence-corrected chi connectivity index (χ3v) is 5.27. The molecule has 30 heavy (non-hydrogen) atoms. The molecule has 6 heteroatoms. The summed E-state index contributed by atoms with van der Waals surface area (Å²) in [4.78, 5) is 4.30. The van der Waals surface area contributed by atoms with Gasteiger partial charge < -0.3 is 15.3 Å². The van der Waals surface area contributed by atoms with Gasteiger partial charge in [-0.2, -0.15) is 0 Å². The van der Waals surface area contributed by atoms with Crippen molar-refractivity contribution in [2.75, 3.05) is 12.4 Å². The molecule has 0 saturated carbocycles. The first-order chi connectivity index (χ1) is 14.6. The highest BCUT2D eigenvalue weighted by Gasteiger charge is 2.15. The highest BCUT2D eigenvalue weighted by atomic mass is 35.5. The van der Waals surface area contributed by atoms with Gasteiger partial charge in [-0.3, -0.25) is 4.98 Å². The van der Waals surface area contributed by atoms with Gasteiger partial charge in [0.2, 0.25) is 0 Å². The minimum atomic E-state index is 0.401. The lowest BCUT2D eigenvalue weighted by molar-refractivity contribution is 0.319. The molecular weight excluding hydrogens is 398 g/mol. The number of aryl methyl sites for hydroxylation is 1. The number of halogens is 1. The molecule has 0 aliphatic rings. The first-order valence-corrected chi connectivity index (χ1v) is 9.75. The van der Waals surface area contributed by atoms with Gasteiger partial charge in [-0.25, -0.2) is 0 Å². The number of rotatable bonds is 5. The average molecular weight is 418 g/mol. The van der Waals surface area contributed by atoms with Crippen molar-refractivity contribution in [3.05, 3.63) is 94.8 Å². The molecule has 0 saturated heterocycles. The lowest BCUT2D eigenvalue weighted by Crippen LogP contribution is -2.07. The summed E-state index contributed by atoms with van der Waals surface area (Å²) in [6.45, 7) is 1.93. The highest BCUT2D eigenvalue weighted by molar-refractivity contribution is 6.35. The summed E-state index contributed by atoms with van der Waals surface area (Å²) >= 11 is 6.58. The van der Waals surface area contributed by atoms with E-state index in [-0.39, 0.29) is 0 Å². The van der Waals surface area contributed by atoms with Gasteiger partial charge in [0.05, 0.1) is 24.0 Å². The summed E-state index contributed by atoms with van der Waals surface area (Å²) < 4.78 is 5.25. The van der Waals surface area contributed by atoms with Crippen LogP contribution in [0.4, 0.5) is 11.4 Å². The minimum absolute atomic E-state index is 0.401. The molecule has 0 aliphatic carbocycles. The third-order valence-electron chi connectivity index (χ3n) is 4.96. The Morgan fingerprint density at radius 1 is 1.03 bits per heavy atom. The highest BCUT2D eigenvalue weighted by Crippen LogP contribution is 2.30. The van der Waals surface area contributed by atoms with E-state index >= 15 is 0 Å². The van der Waals surface area contributed by atoms with Crippen LogP contribution < -0.4 is 10.1 Å².